The molecule has 1 atom stereocenters. The fourth-order valence-corrected chi connectivity index (χ4v) is 0.909. The normalized spacial score (nSPS) is 11.8. The van der Waals surface area contributed by atoms with Gasteiger partial charge in [-0.3, -0.25) is 14.9 Å². The van der Waals surface area contributed by atoms with E-state index in [9.17, 15) is 14.9 Å². The van der Waals surface area contributed by atoms with Crippen molar-refractivity contribution in [3.05, 3.63) is 34.4 Å². The molecule has 0 bridgehead atoms. The Morgan fingerprint density at radius 2 is 2.00 bits per heavy atom. The van der Waals surface area contributed by atoms with Crippen molar-refractivity contribution in [2.45, 2.75) is 13.0 Å². The first kappa shape index (κ1) is 11.0. The molecule has 1 amide bonds. The zero-order chi connectivity index (χ0) is 11.4. The van der Waals surface area contributed by atoms with Crippen LogP contribution in [-0.4, -0.2) is 16.9 Å². The van der Waals surface area contributed by atoms with Gasteiger partial charge in [-0.1, -0.05) is 0 Å². The summed E-state index contributed by atoms with van der Waals surface area (Å²) >= 11 is 0. The van der Waals surface area contributed by atoms with E-state index in [1.807, 2.05) is 0 Å². The fraction of sp³-hybridized carbons (Fsp3) is 0.222. The molecular weight excluding hydrogens is 200 g/mol. The number of amides is 1. The molecule has 0 fully saturated rings. The van der Waals surface area contributed by atoms with Crippen LogP contribution in [0.3, 0.4) is 0 Å². The van der Waals surface area contributed by atoms with Crippen LogP contribution in [0, 0.1) is 10.1 Å². The molecule has 0 radical (unpaired) electrons. The second-order valence-electron chi connectivity index (χ2n) is 2.91. The third kappa shape index (κ3) is 2.94. The number of hydrogen-bond acceptors (Lipinski definition) is 4. The Morgan fingerprint density at radius 3 is 2.40 bits per heavy atom. The Hall–Kier alpha value is -2.11. The summed E-state index contributed by atoms with van der Waals surface area (Å²) in [6, 6.07) is 5.42. The van der Waals surface area contributed by atoms with Gasteiger partial charge in [-0.15, -0.1) is 0 Å². The highest BCUT2D eigenvalue weighted by atomic mass is 16.6. The Labute approximate surface area is 85.8 Å². The van der Waals surface area contributed by atoms with E-state index in [2.05, 4.69) is 0 Å². The summed E-state index contributed by atoms with van der Waals surface area (Å²) in [7, 11) is 0. The van der Waals surface area contributed by atoms with E-state index >= 15 is 0 Å². The lowest BCUT2D eigenvalue weighted by molar-refractivity contribution is -0.384. The highest BCUT2D eigenvalue weighted by Gasteiger charge is 2.11. The average molecular weight is 210 g/mol. The molecule has 0 heterocycles. The van der Waals surface area contributed by atoms with Crippen LogP contribution in [0.15, 0.2) is 24.3 Å². The number of nitro groups is 1. The number of primary amides is 1. The number of nitrogens with zero attached hydrogens (tertiary/aromatic N) is 1. The topological polar surface area (TPSA) is 95.5 Å². The maximum Gasteiger partial charge on any atom is 0.269 e. The van der Waals surface area contributed by atoms with Crippen molar-refractivity contribution in [3.8, 4) is 5.75 Å². The van der Waals surface area contributed by atoms with Gasteiger partial charge in [0, 0.05) is 12.1 Å². The van der Waals surface area contributed by atoms with Gasteiger partial charge in [-0.05, 0) is 19.1 Å². The quantitative estimate of drug-likeness (QED) is 0.588. The first-order valence-electron chi connectivity index (χ1n) is 4.21. The molecule has 1 aromatic carbocycles. The lowest BCUT2D eigenvalue weighted by Crippen LogP contribution is -2.30. The van der Waals surface area contributed by atoms with Crippen LogP contribution in [0.1, 0.15) is 6.92 Å². The first-order valence-corrected chi connectivity index (χ1v) is 4.21. The zero-order valence-corrected chi connectivity index (χ0v) is 8.04. The molecular formula is C9H10N2O4. The summed E-state index contributed by atoms with van der Waals surface area (Å²) < 4.78 is 5.11. The Morgan fingerprint density at radius 1 is 1.47 bits per heavy atom. The second-order valence-corrected chi connectivity index (χ2v) is 2.91. The number of ether oxygens (including phenoxy) is 1. The molecule has 6 nitrogen and oxygen atoms in total. The monoisotopic (exact) mass is 210 g/mol. The molecule has 1 rings (SSSR count). The van der Waals surface area contributed by atoms with Gasteiger partial charge < -0.3 is 10.5 Å². The van der Waals surface area contributed by atoms with Gasteiger partial charge in [-0.2, -0.15) is 0 Å². The maximum absolute atomic E-state index is 10.7. The highest BCUT2D eigenvalue weighted by Crippen LogP contribution is 2.18. The average Bonchev–Trinajstić information content (AvgIpc) is 2.18. The van der Waals surface area contributed by atoms with Crippen LogP contribution in [-0.2, 0) is 4.79 Å². The molecule has 0 aliphatic rings. The van der Waals surface area contributed by atoms with Gasteiger partial charge >= 0.3 is 0 Å². The number of nitro benzene ring substituents is 1. The molecule has 15 heavy (non-hydrogen) atoms. The number of benzene rings is 1. The lowest BCUT2D eigenvalue weighted by atomic mass is 10.3. The van der Waals surface area contributed by atoms with Gasteiger partial charge in [0.2, 0.25) is 0 Å². The van der Waals surface area contributed by atoms with Crippen LogP contribution in [0.5, 0.6) is 5.75 Å². The van der Waals surface area contributed by atoms with Gasteiger partial charge in [0.05, 0.1) is 4.92 Å². The molecule has 6 heteroatoms. The van der Waals surface area contributed by atoms with E-state index in [0.717, 1.165) is 0 Å². The summed E-state index contributed by atoms with van der Waals surface area (Å²) in [5.74, 6) is -0.222. The van der Waals surface area contributed by atoms with Crippen LogP contribution in [0.4, 0.5) is 5.69 Å². The van der Waals surface area contributed by atoms with Crippen molar-refractivity contribution in [1.29, 1.82) is 0 Å². The number of carbonyl (C=O) groups excluding carboxylic acids is 1. The van der Waals surface area contributed by atoms with Crippen LogP contribution in [0.25, 0.3) is 0 Å². The Balaban J connectivity index is 2.72. The number of rotatable bonds is 4. The van der Waals surface area contributed by atoms with Gasteiger partial charge in [0.25, 0.3) is 11.6 Å². The summed E-state index contributed by atoms with van der Waals surface area (Å²) in [5, 5.41) is 10.3. The van der Waals surface area contributed by atoms with Crippen molar-refractivity contribution in [2.24, 2.45) is 5.73 Å². The number of hydrogen-bond donors (Lipinski definition) is 1. The zero-order valence-electron chi connectivity index (χ0n) is 8.04. The van der Waals surface area contributed by atoms with E-state index in [0.29, 0.717) is 5.75 Å². The predicted molar refractivity (Wildman–Crippen MR) is 52.4 cm³/mol. The molecule has 0 saturated heterocycles. The number of non-ortho nitro benzene ring substituents is 1. The van der Waals surface area contributed by atoms with Gasteiger partial charge in [0.15, 0.2) is 6.10 Å². The van der Waals surface area contributed by atoms with E-state index in [1.54, 1.807) is 0 Å². The smallest absolute Gasteiger partial charge is 0.269 e. The predicted octanol–water partition coefficient (Wildman–Crippen LogP) is 0.847. The fourth-order valence-electron chi connectivity index (χ4n) is 0.909. The number of carbonyl (C=O) groups is 1. The molecule has 0 saturated carbocycles. The van der Waals surface area contributed by atoms with Crippen molar-refractivity contribution in [1.82, 2.24) is 0 Å². The van der Waals surface area contributed by atoms with E-state index in [1.165, 1.54) is 31.2 Å². The SMILES string of the molecule is CC(Oc1ccc([N+](=O)[O-])cc1)C(N)=O. The van der Waals surface area contributed by atoms with Gasteiger partial charge in [-0.25, -0.2) is 0 Å². The molecule has 1 aromatic rings. The molecule has 1 unspecified atom stereocenters. The first-order chi connectivity index (χ1) is 7.00. The van der Waals surface area contributed by atoms with E-state index in [4.69, 9.17) is 10.5 Å². The lowest BCUT2D eigenvalue weighted by Gasteiger charge is -2.10. The molecule has 0 aliphatic carbocycles. The van der Waals surface area contributed by atoms with Crippen molar-refractivity contribution in [3.63, 3.8) is 0 Å². The standard InChI is InChI=1S/C9H10N2O4/c1-6(9(10)12)15-8-4-2-7(3-5-8)11(13)14/h2-6H,1H3,(H2,10,12). The van der Waals surface area contributed by atoms with E-state index < -0.39 is 16.9 Å². The summed E-state index contributed by atoms with van der Waals surface area (Å²) in [6.07, 6.45) is -0.758. The molecule has 80 valence electrons. The third-order valence-corrected chi connectivity index (χ3v) is 1.76. The van der Waals surface area contributed by atoms with E-state index in [-0.39, 0.29) is 5.69 Å². The van der Waals surface area contributed by atoms with Crippen molar-refractivity contribution >= 4 is 11.6 Å². The third-order valence-electron chi connectivity index (χ3n) is 1.76. The minimum absolute atomic E-state index is 0.0333. The van der Waals surface area contributed by atoms with Crippen molar-refractivity contribution in [2.75, 3.05) is 0 Å². The Bertz CT molecular complexity index is 374. The summed E-state index contributed by atoms with van der Waals surface area (Å²) in [4.78, 5) is 20.5. The Kier molecular flexibility index (Phi) is 3.22. The summed E-state index contributed by atoms with van der Waals surface area (Å²) in [6.45, 7) is 1.50. The highest BCUT2D eigenvalue weighted by molar-refractivity contribution is 5.78. The number of nitrogens with two attached hydrogens (primary N) is 1. The molecule has 0 aliphatic heterocycles. The molecule has 2 N–H and O–H groups in total. The minimum atomic E-state index is -0.758. The summed E-state index contributed by atoms with van der Waals surface area (Å²) in [5.41, 5.74) is 4.96. The van der Waals surface area contributed by atoms with Gasteiger partial charge in [0.1, 0.15) is 5.75 Å². The maximum atomic E-state index is 10.7. The van der Waals surface area contributed by atoms with Crippen LogP contribution < -0.4 is 10.5 Å². The minimum Gasteiger partial charge on any atom is -0.481 e. The van der Waals surface area contributed by atoms with Crippen LogP contribution >= 0.6 is 0 Å². The molecule has 0 aromatic heterocycles. The van der Waals surface area contributed by atoms with Crippen LogP contribution in [0.2, 0.25) is 0 Å². The molecule has 0 spiro atoms. The second kappa shape index (κ2) is 4.41. The largest absolute Gasteiger partial charge is 0.481 e. The van der Waals surface area contributed by atoms with Crippen molar-refractivity contribution < 1.29 is 14.5 Å².